The van der Waals surface area contributed by atoms with Gasteiger partial charge in [-0.1, -0.05) is 31.2 Å². The Bertz CT molecular complexity index is 463. The molecule has 0 atom stereocenters. The van der Waals surface area contributed by atoms with E-state index in [-0.39, 0.29) is 0 Å². The van der Waals surface area contributed by atoms with E-state index in [1.165, 1.54) is 0 Å². The summed E-state index contributed by atoms with van der Waals surface area (Å²) in [4.78, 5) is 11.5. The van der Waals surface area contributed by atoms with E-state index in [1.807, 2.05) is 12.2 Å². The second-order valence-corrected chi connectivity index (χ2v) is 4.37. The minimum Gasteiger partial charge on any atom is -0.497 e. The fourth-order valence-corrected chi connectivity index (χ4v) is 1.61. The van der Waals surface area contributed by atoms with Gasteiger partial charge in [-0.15, -0.1) is 0 Å². The van der Waals surface area contributed by atoms with Crippen molar-refractivity contribution in [2.75, 3.05) is 13.7 Å². The minimum atomic E-state index is -0.462. The Balaban J connectivity index is 2.18. The highest BCUT2D eigenvalue weighted by molar-refractivity contribution is 5.70. The quantitative estimate of drug-likeness (QED) is 0.579. The average Bonchev–Trinajstić information content (AvgIpc) is 2.50. The fraction of sp³-hybridized carbons (Fsp3) is 0.353. The van der Waals surface area contributed by atoms with Gasteiger partial charge in [0.05, 0.1) is 7.11 Å². The van der Waals surface area contributed by atoms with Gasteiger partial charge in [-0.2, -0.15) is 0 Å². The summed E-state index contributed by atoms with van der Waals surface area (Å²) < 4.78 is 10.2. The number of methoxy groups -OCH3 is 1. The van der Waals surface area contributed by atoms with E-state index in [9.17, 15) is 4.79 Å². The topological polar surface area (TPSA) is 47.6 Å². The fourth-order valence-electron chi connectivity index (χ4n) is 1.61. The highest BCUT2D eigenvalue weighted by Gasteiger charge is 2.02. The van der Waals surface area contributed by atoms with Crippen LogP contribution in [0.5, 0.6) is 11.5 Å². The van der Waals surface area contributed by atoms with Crippen LogP contribution in [0.3, 0.4) is 0 Å². The first-order chi connectivity index (χ1) is 10.3. The summed E-state index contributed by atoms with van der Waals surface area (Å²) in [6.45, 7) is 2.58. The van der Waals surface area contributed by atoms with Crippen LogP contribution < -0.4 is 14.8 Å². The monoisotopic (exact) mass is 289 g/mol. The standard InChI is InChI=1S/C17H23NO3/c1-3-4-5-6-7-8-9-14-18-17(19)21-16-12-10-15(20-2)11-13-16/h4-5,8-13H,3,6-7,14H2,1-2H3,(H,18,19)/b5-4-,9-8+. The Morgan fingerprint density at radius 2 is 1.67 bits per heavy atom. The molecular formula is C17H23NO3. The highest BCUT2D eigenvalue weighted by Crippen LogP contribution is 2.16. The zero-order valence-corrected chi connectivity index (χ0v) is 12.7. The Morgan fingerprint density at radius 1 is 1.05 bits per heavy atom. The normalized spacial score (nSPS) is 11.0. The van der Waals surface area contributed by atoms with Crippen molar-refractivity contribution in [3.63, 3.8) is 0 Å². The zero-order valence-electron chi connectivity index (χ0n) is 12.7. The molecule has 4 nitrogen and oxygen atoms in total. The molecule has 0 aliphatic carbocycles. The van der Waals surface area contributed by atoms with Gasteiger partial charge in [0.2, 0.25) is 0 Å². The molecule has 1 amide bonds. The van der Waals surface area contributed by atoms with Crippen LogP contribution in [0.15, 0.2) is 48.6 Å². The van der Waals surface area contributed by atoms with Crippen molar-refractivity contribution in [2.45, 2.75) is 26.2 Å². The SMILES string of the molecule is CC/C=C\CC/C=C/CNC(=O)Oc1ccc(OC)cc1. The number of nitrogens with one attached hydrogen (secondary N) is 1. The van der Waals surface area contributed by atoms with Gasteiger partial charge in [0.15, 0.2) is 0 Å². The van der Waals surface area contributed by atoms with E-state index in [0.717, 1.165) is 25.0 Å². The molecule has 0 fully saturated rings. The third kappa shape index (κ3) is 7.82. The molecule has 114 valence electrons. The zero-order chi connectivity index (χ0) is 15.3. The number of unbranched alkanes of at least 4 members (excludes halogenated alkanes) is 1. The van der Waals surface area contributed by atoms with Gasteiger partial charge in [0.25, 0.3) is 0 Å². The Kier molecular flexibility index (Phi) is 8.45. The molecule has 21 heavy (non-hydrogen) atoms. The number of benzene rings is 1. The molecule has 1 aromatic rings. The van der Waals surface area contributed by atoms with E-state index in [1.54, 1.807) is 31.4 Å². The maximum Gasteiger partial charge on any atom is 0.412 e. The lowest BCUT2D eigenvalue weighted by molar-refractivity contribution is 0.201. The summed E-state index contributed by atoms with van der Waals surface area (Å²) in [5, 5.41) is 2.66. The first-order valence-corrected chi connectivity index (χ1v) is 7.16. The molecule has 0 radical (unpaired) electrons. The molecule has 1 aromatic carbocycles. The lowest BCUT2D eigenvalue weighted by Crippen LogP contribution is -2.26. The van der Waals surface area contributed by atoms with Crippen molar-refractivity contribution in [2.24, 2.45) is 0 Å². The molecular weight excluding hydrogens is 266 g/mol. The number of carbonyl (C=O) groups excluding carboxylic acids is 1. The summed E-state index contributed by atoms with van der Waals surface area (Å²) >= 11 is 0. The highest BCUT2D eigenvalue weighted by atomic mass is 16.6. The largest absolute Gasteiger partial charge is 0.497 e. The summed E-state index contributed by atoms with van der Waals surface area (Å²) in [6, 6.07) is 6.86. The van der Waals surface area contributed by atoms with Crippen LogP contribution in [-0.4, -0.2) is 19.7 Å². The first-order valence-electron chi connectivity index (χ1n) is 7.16. The van der Waals surface area contributed by atoms with Crippen LogP contribution in [-0.2, 0) is 0 Å². The predicted octanol–water partition coefficient (Wildman–Crippen LogP) is 4.09. The van der Waals surface area contributed by atoms with E-state index in [4.69, 9.17) is 9.47 Å². The first kappa shape index (κ1) is 16.8. The molecule has 0 spiro atoms. The number of rotatable bonds is 8. The molecule has 0 aromatic heterocycles. The van der Waals surface area contributed by atoms with Crippen LogP contribution in [0.25, 0.3) is 0 Å². The van der Waals surface area contributed by atoms with Crippen LogP contribution in [0, 0.1) is 0 Å². The van der Waals surface area contributed by atoms with Crippen LogP contribution >= 0.6 is 0 Å². The van der Waals surface area contributed by atoms with Gasteiger partial charge in [0.1, 0.15) is 11.5 Å². The summed E-state index contributed by atoms with van der Waals surface area (Å²) in [7, 11) is 1.59. The lowest BCUT2D eigenvalue weighted by Gasteiger charge is -2.05. The maximum atomic E-state index is 11.5. The minimum absolute atomic E-state index is 0.462. The molecule has 0 bridgehead atoms. The summed E-state index contributed by atoms with van der Waals surface area (Å²) in [6.07, 6.45) is 10.9. The Hall–Kier alpha value is -2.23. The van der Waals surface area contributed by atoms with Gasteiger partial charge in [-0.25, -0.2) is 4.79 Å². The smallest absolute Gasteiger partial charge is 0.412 e. The van der Waals surface area contributed by atoms with Gasteiger partial charge < -0.3 is 14.8 Å². The Labute approximate surface area is 126 Å². The van der Waals surface area contributed by atoms with Crippen molar-refractivity contribution in [1.29, 1.82) is 0 Å². The third-order valence-corrected chi connectivity index (χ3v) is 2.70. The van der Waals surface area contributed by atoms with Gasteiger partial charge in [0, 0.05) is 6.54 Å². The molecule has 1 N–H and O–H groups in total. The maximum absolute atomic E-state index is 11.5. The van der Waals surface area contributed by atoms with E-state index < -0.39 is 6.09 Å². The van der Waals surface area contributed by atoms with Crippen molar-refractivity contribution in [3.8, 4) is 11.5 Å². The molecule has 1 rings (SSSR count). The van der Waals surface area contributed by atoms with E-state index in [0.29, 0.717) is 12.3 Å². The number of amides is 1. The van der Waals surface area contributed by atoms with Crippen molar-refractivity contribution in [1.82, 2.24) is 5.32 Å². The van der Waals surface area contributed by atoms with Gasteiger partial charge >= 0.3 is 6.09 Å². The predicted molar refractivity (Wildman–Crippen MR) is 84.8 cm³/mol. The number of hydrogen-bond acceptors (Lipinski definition) is 3. The lowest BCUT2D eigenvalue weighted by atomic mass is 10.2. The molecule has 0 heterocycles. The molecule has 0 aliphatic rings. The second-order valence-electron chi connectivity index (χ2n) is 4.37. The number of ether oxygens (including phenoxy) is 2. The number of allylic oxidation sites excluding steroid dienone is 3. The van der Waals surface area contributed by atoms with Crippen molar-refractivity contribution < 1.29 is 14.3 Å². The van der Waals surface area contributed by atoms with Crippen molar-refractivity contribution >= 4 is 6.09 Å². The van der Waals surface area contributed by atoms with Gasteiger partial charge in [-0.05, 0) is 43.5 Å². The second kappa shape index (κ2) is 10.5. The van der Waals surface area contributed by atoms with Gasteiger partial charge in [-0.3, -0.25) is 0 Å². The van der Waals surface area contributed by atoms with Crippen LogP contribution in [0.4, 0.5) is 4.79 Å². The van der Waals surface area contributed by atoms with E-state index >= 15 is 0 Å². The molecule has 0 aliphatic heterocycles. The molecule has 0 saturated heterocycles. The number of carbonyl (C=O) groups is 1. The molecule has 0 unspecified atom stereocenters. The number of hydrogen-bond donors (Lipinski definition) is 1. The van der Waals surface area contributed by atoms with Crippen molar-refractivity contribution in [3.05, 3.63) is 48.6 Å². The molecule has 4 heteroatoms. The Morgan fingerprint density at radius 3 is 2.29 bits per heavy atom. The van der Waals surface area contributed by atoms with E-state index in [2.05, 4.69) is 24.4 Å². The third-order valence-electron chi connectivity index (χ3n) is 2.70. The summed E-state index contributed by atoms with van der Waals surface area (Å²) in [5.41, 5.74) is 0. The van der Waals surface area contributed by atoms with Crippen LogP contribution in [0.1, 0.15) is 26.2 Å². The van der Waals surface area contributed by atoms with Crippen LogP contribution in [0.2, 0.25) is 0 Å². The molecule has 0 saturated carbocycles. The summed E-state index contributed by atoms with van der Waals surface area (Å²) in [5.74, 6) is 1.21. The average molecular weight is 289 g/mol.